The lowest BCUT2D eigenvalue weighted by atomic mass is 9.76. The fraction of sp³-hybridized carbons (Fsp3) is 0.826. The topological polar surface area (TPSA) is 63.6 Å². The molecule has 0 aromatic heterocycles. The third kappa shape index (κ3) is 8.16. The second-order valence-corrected chi connectivity index (χ2v) is 7.97. The average molecular weight is 381 g/mol. The minimum absolute atomic E-state index is 0.0344. The smallest absolute Gasteiger partial charge is 0.309 e. The van der Waals surface area contributed by atoms with Crippen LogP contribution in [0, 0.1) is 17.8 Å². The summed E-state index contributed by atoms with van der Waals surface area (Å²) in [6.07, 6.45) is 15.4. The van der Waals surface area contributed by atoms with Crippen LogP contribution in [0.5, 0.6) is 0 Å². The van der Waals surface area contributed by atoms with Crippen LogP contribution in [0.25, 0.3) is 0 Å². The second kappa shape index (κ2) is 13.9. The normalized spacial score (nSPS) is 21.4. The van der Waals surface area contributed by atoms with Crippen LogP contribution in [0.15, 0.2) is 12.2 Å². The van der Waals surface area contributed by atoms with Gasteiger partial charge in [-0.25, -0.2) is 0 Å². The van der Waals surface area contributed by atoms with Crippen LogP contribution < -0.4 is 0 Å². The van der Waals surface area contributed by atoms with E-state index in [1.165, 1.54) is 32.8 Å². The molecule has 0 saturated heterocycles. The van der Waals surface area contributed by atoms with Crippen molar-refractivity contribution < 1.29 is 19.4 Å². The molecule has 4 heteroatoms. The zero-order valence-corrected chi connectivity index (χ0v) is 17.6. The van der Waals surface area contributed by atoms with E-state index in [0.717, 1.165) is 38.5 Å². The van der Waals surface area contributed by atoms with Crippen LogP contribution in [-0.2, 0) is 14.3 Å². The minimum Gasteiger partial charge on any atom is -0.469 e. The Morgan fingerprint density at radius 3 is 2.19 bits per heavy atom. The molecule has 4 nitrogen and oxygen atoms in total. The van der Waals surface area contributed by atoms with Crippen LogP contribution in [0.3, 0.4) is 0 Å². The minimum atomic E-state index is -0.563. The fourth-order valence-corrected chi connectivity index (χ4v) is 4.17. The van der Waals surface area contributed by atoms with Gasteiger partial charge in [0.15, 0.2) is 5.78 Å². The van der Waals surface area contributed by atoms with E-state index >= 15 is 0 Å². The lowest BCUT2D eigenvalue weighted by Crippen LogP contribution is -2.37. The maximum Gasteiger partial charge on any atom is 0.309 e. The molecule has 1 aliphatic rings. The Morgan fingerprint density at radius 2 is 1.56 bits per heavy atom. The number of carbonyl (C=O) groups excluding carboxylic acids is 2. The number of aliphatic hydroxyl groups is 1. The Balaban J connectivity index is 2.61. The Morgan fingerprint density at radius 1 is 1.00 bits per heavy atom. The number of rotatable bonds is 15. The number of esters is 1. The molecular weight excluding hydrogens is 340 g/mol. The van der Waals surface area contributed by atoms with Gasteiger partial charge in [-0.05, 0) is 18.9 Å². The largest absolute Gasteiger partial charge is 0.469 e. The van der Waals surface area contributed by atoms with Crippen LogP contribution in [0.2, 0.25) is 0 Å². The van der Waals surface area contributed by atoms with E-state index in [0.29, 0.717) is 12.8 Å². The van der Waals surface area contributed by atoms with Crippen LogP contribution in [-0.4, -0.2) is 30.1 Å². The summed E-state index contributed by atoms with van der Waals surface area (Å²) in [7, 11) is 1.38. The first-order valence-corrected chi connectivity index (χ1v) is 11.0. The van der Waals surface area contributed by atoms with Crippen molar-refractivity contribution in [1.82, 2.24) is 0 Å². The molecule has 0 heterocycles. The Labute approximate surface area is 165 Å². The number of unbranched alkanes of at least 4 members (excludes halogenated alkanes) is 8. The molecule has 0 aliphatic heterocycles. The molecule has 27 heavy (non-hydrogen) atoms. The summed E-state index contributed by atoms with van der Waals surface area (Å²) in [4.78, 5) is 24.8. The predicted octanol–water partition coefficient (Wildman–Crippen LogP) is 5.23. The highest BCUT2D eigenvalue weighted by molar-refractivity contribution is 5.97. The molecule has 0 aromatic carbocycles. The summed E-state index contributed by atoms with van der Waals surface area (Å²) >= 11 is 0. The molecule has 4 atom stereocenters. The molecule has 0 fully saturated rings. The van der Waals surface area contributed by atoms with Gasteiger partial charge >= 0.3 is 5.97 Å². The summed E-state index contributed by atoms with van der Waals surface area (Å²) in [6.45, 7) is 4.35. The number of methoxy groups -OCH3 is 1. The van der Waals surface area contributed by atoms with E-state index in [-0.39, 0.29) is 17.7 Å². The molecule has 156 valence electrons. The maximum absolute atomic E-state index is 12.5. The van der Waals surface area contributed by atoms with Crippen molar-refractivity contribution in [1.29, 1.82) is 0 Å². The Hall–Kier alpha value is -1.16. The first kappa shape index (κ1) is 23.9. The van der Waals surface area contributed by atoms with Gasteiger partial charge in [-0.3, -0.25) is 9.59 Å². The number of allylic oxidation sites excluding steroid dienone is 1. The highest BCUT2D eigenvalue weighted by Gasteiger charge is 2.43. The van der Waals surface area contributed by atoms with Gasteiger partial charge in [0.2, 0.25) is 0 Å². The monoisotopic (exact) mass is 380 g/mol. The highest BCUT2D eigenvalue weighted by Crippen LogP contribution is 2.36. The fourth-order valence-electron chi connectivity index (χ4n) is 4.17. The molecule has 0 spiro atoms. The van der Waals surface area contributed by atoms with Crippen LogP contribution in [0.1, 0.15) is 90.9 Å². The van der Waals surface area contributed by atoms with Gasteiger partial charge < -0.3 is 9.84 Å². The predicted molar refractivity (Wildman–Crippen MR) is 109 cm³/mol. The first-order valence-electron chi connectivity index (χ1n) is 11.0. The Bertz CT molecular complexity index is 457. The summed E-state index contributed by atoms with van der Waals surface area (Å²) in [5, 5.41) is 10.7. The van der Waals surface area contributed by atoms with Gasteiger partial charge in [0, 0.05) is 11.8 Å². The molecule has 0 aromatic rings. The summed E-state index contributed by atoms with van der Waals surface area (Å²) < 4.78 is 4.99. The molecule has 0 bridgehead atoms. The molecule has 1 rings (SSSR count). The van der Waals surface area contributed by atoms with Crippen molar-refractivity contribution in [3.05, 3.63) is 12.2 Å². The summed E-state index contributed by atoms with van der Waals surface area (Å²) in [5.74, 6) is -1.52. The van der Waals surface area contributed by atoms with Gasteiger partial charge in [-0.15, -0.1) is 0 Å². The highest BCUT2D eigenvalue weighted by atomic mass is 16.5. The molecule has 0 radical (unpaired) electrons. The zero-order valence-electron chi connectivity index (χ0n) is 17.6. The number of hydrogen-bond donors (Lipinski definition) is 1. The molecule has 1 N–H and O–H groups in total. The zero-order chi connectivity index (χ0) is 20.1. The summed E-state index contributed by atoms with van der Waals surface area (Å²) in [5.41, 5.74) is 0. The van der Waals surface area contributed by atoms with Crippen molar-refractivity contribution in [3.8, 4) is 0 Å². The van der Waals surface area contributed by atoms with Crippen molar-refractivity contribution in [2.24, 2.45) is 17.8 Å². The lowest BCUT2D eigenvalue weighted by molar-refractivity contribution is -0.151. The van der Waals surface area contributed by atoms with Crippen LogP contribution in [0.4, 0.5) is 0 Å². The second-order valence-electron chi connectivity index (χ2n) is 7.97. The standard InChI is InChI=1S/C23H40O4/c1-4-6-8-10-11-13-15-20(24)18-16-17-21(25)22(18)19(23(26)27-3)14-12-9-7-5-2/h16-20,22,24H,4-15H2,1-3H3/t18-,19?,20?,22+/m0/s1. The van der Waals surface area contributed by atoms with Crippen molar-refractivity contribution in [2.45, 2.75) is 97.0 Å². The van der Waals surface area contributed by atoms with Crippen molar-refractivity contribution in [2.75, 3.05) is 7.11 Å². The lowest BCUT2D eigenvalue weighted by Gasteiger charge is -2.29. The number of ether oxygens (including phenoxy) is 1. The SMILES string of the molecule is CCCCCCCCC(O)[C@@H]1C=CC(=O)[C@H]1C(CCCCCC)C(=O)OC. The first-order chi connectivity index (χ1) is 13.1. The molecule has 0 saturated carbocycles. The van der Waals surface area contributed by atoms with Crippen molar-refractivity contribution in [3.63, 3.8) is 0 Å². The van der Waals surface area contributed by atoms with E-state index < -0.39 is 17.9 Å². The van der Waals surface area contributed by atoms with E-state index in [1.807, 2.05) is 6.08 Å². The Kier molecular flexibility index (Phi) is 12.3. The van der Waals surface area contributed by atoms with Gasteiger partial charge in [-0.1, -0.05) is 84.1 Å². The molecule has 1 aliphatic carbocycles. The van der Waals surface area contributed by atoms with Gasteiger partial charge in [-0.2, -0.15) is 0 Å². The van der Waals surface area contributed by atoms with Gasteiger partial charge in [0.25, 0.3) is 0 Å². The average Bonchev–Trinajstić information content (AvgIpc) is 3.05. The summed E-state index contributed by atoms with van der Waals surface area (Å²) in [6, 6.07) is 0. The van der Waals surface area contributed by atoms with E-state index in [9.17, 15) is 14.7 Å². The maximum atomic E-state index is 12.5. The van der Waals surface area contributed by atoms with Gasteiger partial charge in [0.05, 0.1) is 19.1 Å². The third-order valence-electron chi connectivity index (χ3n) is 5.83. The quantitative estimate of drug-likeness (QED) is 0.312. The van der Waals surface area contributed by atoms with E-state index in [1.54, 1.807) is 6.08 Å². The van der Waals surface area contributed by atoms with Crippen LogP contribution >= 0.6 is 0 Å². The van der Waals surface area contributed by atoms with E-state index in [4.69, 9.17) is 4.74 Å². The molecule has 0 amide bonds. The number of carbonyl (C=O) groups is 2. The molecular formula is C23H40O4. The number of aliphatic hydroxyl groups excluding tert-OH is 1. The van der Waals surface area contributed by atoms with E-state index in [2.05, 4.69) is 13.8 Å². The number of hydrogen-bond acceptors (Lipinski definition) is 4. The third-order valence-corrected chi connectivity index (χ3v) is 5.83. The van der Waals surface area contributed by atoms with Gasteiger partial charge in [0.1, 0.15) is 0 Å². The van der Waals surface area contributed by atoms with Crippen molar-refractivity contribution >= 4 is 11.8 Å². The molecule has 2 unspecified atom stereocenters. The number of ketones is 1.